The van der Waals surface area contributed by atoms with E-state index in [9.17, 15) is 0 Å². The van der Waals surface area contributed by atoms with Crippen LogP contribution in [0.4, 0.5) is 0 Å². The minimum absolute atomic E-state index is 0.241. The van der Waals surface area contributed by atoms with Crippen molar-refractivity contribution in [1.29, 1.82) is 0 Å². The summed E-state index contributed by atoms with van der Waals surface area (Å²) >= 11 is 0. The van der Waals surface area contributed by atoms with Gasteiger partial charge in [0.1, 0.15) is 0 Å². The van der Waals surface area contributed by atoms with Gasteiger partial charge in [0.05, 0.1) is 26.4 Å². The van der Waals surface area contributed by atoms with Gasteiger partial charge in [0.2, 0.25) is 0 Å². The molecule has 1 N–H and O–H groups in total. The molecule has 0 aliphatic heterocycles. The lowest BCUT2D eigenvalue weighted by Gasteiger charge is -2.17. The number of methoxy groups -OCH3 is 1. The fraction of sp³-hybridized carbons (Fsp3) is 1.00. The van der Waals surface area contributed by atoms with E-state index >= 15 is 0 Å². The van der Waals surface area contributed by atoms with E-state index < -0.39 is 0 Å². The lowest BCUT2D eigenvalue weighted by molar-refractivity contribution is 0.0182. The molecule has 98 valence electrons. The van der Waals surface area contributed by atoms with Crippen LogP contribution in [-0.2, 0) is 14.2 Å². The topological polar surface area (TPSA) is 47.9 Å². The lowest BCUT2D eigenvalue weighted by Crippen LogP contribution is -2.17. The third-order valence-corrected chi connectivity index (χ3v) is 2.61. The molecule has 0 radical (unpaired) electrons. The fourth-order valence-corrected chi connectivity index (χ4v) is 1.33. The number of aliphatic hydroxyl groups excluding tert-OH is 1. The summed E-state index contributed by atoms with van der Waals surface area (Å²) < 4.78 is 15.5. The first-order chi connectivity index (χ1) is 7.72. The van der Waals surface area contributed by atoms with Gasteiger partial charge in [0, 0.05) is 20.3 Å². The molecule has 4 nitrogen and oxygen atoms in total. The van der Waals surface area contributed by atoms with Crippen LogP contribution >= 0.6 is 0 Å². The van der Waals surface area contributed by atoms with E-state index in [0.29, 0.717) is 44.9 Å². The zero-order valence-electron chi connectivity index (χ0n) is 10.8. The molecule has 0 aromatic carbocycles. The summed E-state index contributed by atoms with van der Waals surface area (Å²) in [5.41, 5.74) is 0. The van der Waals surface area contributed by atoms with Crippen molar-refractivity contribution in [3.05, 3.63) is 0 Å². The molecule has 0 spiro atoms. The Morgan fingerprint density at radius 3 is 2.00 bits per heavy atom. The molecule has 0 bridgehead atoms. The number of hydrogen-bond acceptors (Lipinski definition) is 4. The van der Waals surface area contributed by atoms with Gasteiger partial charge < -0.3 is 19.3 Å². The molecule has 0 heterocycles. The van der Waals surface area contributed by atoms with E-state index in [1.807, 2.05) is 0 Å². The summed E-state index contributed by atoms with van der Waals surface area (Å²) in [6.45, 7) is 7.63. The number of ether oxygens (including phenoxy) is 3. The van der Waals surface area contributed by atoms with Crippen LogP contribution in [0.25, 0.3) is 0 Å². The van der Waals surface area contributed by atoms with E-state index in [0.717, 1.165) is 6.42 Å². The maximum absolute atomic E-state index is 9.10. The highest BCUT2D eigenvalue weighted by Gasteiger charge is 2.11. The van der Waals surface area contributed by atoms with Gasteiger partial charge in [-0.1, -0.05) is 13.8 Å². The summed E-state index contributed by atoms with van der Waals surface area (Å²) in [6.07, 6.45) is 0.909. The molecule has 0 rings (SSSR count). The summed E-state index contributed by atoms with van der Waals surface area (Å²) in [7, 11) is 1.65. The standard InChI is InChI=1S/C12H26O4/c1-11(2)12(10-13)4-5-15-8-9-16-7-6-14-3/h11-13H,4-10H2,1-3H3. The van der Waals surface area contributed by atoms with E-state index in [-0.39, 0.29) is 6.61 Å². The molecule has 0 saturated heterocycles. The van der Waals surface area contributed by atoms with Gasteiger partial charge in [-0.2, -0.15) is 0 Å². The smallest absolute Gasteiger partial charge is 0.0701 e. The van der Waals surface area contributed by atoms with Crippen molar-refractivity contribution in [3.63, 3.8) is 0 Å². The average Bonchev–Trinajstić information content (AvgIpc) is 2.26. The molecule has 0 aliphatic carbocycles. The lowest BCUT2D eigenvalue weighted by atomic mass is 9.94. The van der Waals surface area contributed by atoms with Crippen molar-refractivity contribution >= 4 is 0 Å². The van der Waals surface area contributed by atoms with Gasteiger partial charge in [-0.05, 0) is 18.3 Å². The van der Waals surface area contributed by atoms with Crippen LogP contribution < -0.4 is 0 Å². The molecule has 0 amide bonds. The number of aliphatic hydroxyl groups is 1. The normalized spacial score (nSPS) is 13.3. The summed E-state index contributed by atoms with van der Waals surface area (Å²) in [4.78, 5) is 0. The third-order valence-electron chi connectivity index (χ3n) is 2.61. The molecule has 1 unspecified atom stereocenters. The fourth-order valence-electron chi connectivity index (χ4n) is 1.33. The van der Waals surface area contributed by atoms with Crippen LogP contribution in [0.5, 0.6) is 0 Å². The molecule has 0 fully saturated rings. The Kier molecular flexibility index (Phi) is 11.2. The van der Waals surface area contributed by atoms with Gasteiger partial charge in [0.25, 0.3) is 0 Å². The van der Waals surface area contributed by atoms with Crippen molar-refractivity contribution in [2.75, 3.05) is 46.8 Å². The molecule has 0 aliphatic rings. The Balaban J connectivity index is 3.19. The molecule has 0 saturated carbocycles. The summed E-state index contributed by atoms with van der Waals surface area (Å²) in [5.74, 6) is 0.848. The van der Waals surface area contributed by atoms with Gasteiger partial charge in [0.15, 0.2) is 0 Å². The van der Waals surface area contributed by atoms with Crippen molar-refractivity contribution in [1.82, 2.24) is 0 Å². The largest absolute Gasteiger partial charge is 0.396 e. The molecular formula is C12H26O4. The highest BCUT2D eigenvalue weighted by Crippen LogP contribution is 2.13. The van der Waals surface area contributed by atoms with Gasteiger partial charge in [-0.25, -0.2) is 0 Å². The molecular weight excluding hydrogens is 208 g/mol. The minimum atomic E-state index is 0.241. The monoisotopic (exact) mass is 234 g/mol. The first-order valence-electron chi connectivity index (χ1n) is 5.97. The highest BCUT2D eigenvalue weighted by atomic mass is 16.5. The second kappa shape index (κ2) is 11.3. The Morgan fingerprint density at radius 1 is 0.938 bits per heavy atom. The van der Waals surface area contributed by atoms with E-state index in [1.165, 1.54) is 0 Å². The van der Waals surface area contributed by atoms with E-state index in [1.54, 1.807) is 7.11 Å². The first kappa shape index (κ1) is 15.8. The molecule has 1 atom stereocenters. The van der Waals surface area contributed by atoms with Gasteiger partial charge in [-0.15, -0.1) is 0 Å². The summed E-state index contributed by atoms with van der Waals surface area (Å²) in [6, 6.07) is 0. The Hall–Kier alpha value is -0.160. The molecule has 16 heavy (non-hydrogen) atoms. The predicted molar refractivity (Wildman–Crippen MR) is 63.5 cm³/mol. The Morgan fingerprint density at radius 2 is 1.50 bits per heavy atom. The van der Waals surface area contributed by atoms with Crippen LogP contribution in [0, 0.1) is 11.8 Å². The quantitative estimate of drug-likeness (QED) is 0.548. The zero-order chi connectivity index (χ0) is 12.2. The van der Waals surface area contributed by atoms with Crippen molar-refractivity contribution in [2.24, 2.45) is 11.8 Å². The van der Waals surface area contributed by atoms with Crippen LogP contribution in [0.1, 0.15) is 20.3 Å². The SMILES string of the molecule is COCCOCCOCCC(CO)C(C)C. The van der Waals surface area contributed by atoms with Gasteiger partial charge in [-0.3, -0.25) is 0 Å². The molecule has 4 heteroatoms. The predicted octanol–water partition coefficient (Wildman–Crippen LogP) is 1.32. The van der Waals surface area contributed by atoms with Crippen LogP contribution in [0.2, 0.25) is 0 Å². The first-order valence-corrected chi connectivity index (χ1v) is 5.97. The van der Waals surface area contributed by atoms with E-state index in [4.69, 9.17) is 19.3 Å². The maximum atomic E-state index is 9.10. The Labute approximate surface area is 98.9 Å². The molecule has 0 aromatic rings. The highest BCUT2D eigenvalue weighted by molar-refractivity contribution is 4.60. The Bertz CT molecular complexity index is 139. The summed E-state index contributed by atoms with van der Waals surface area (Å²) in [5, 5.41) is 9.10. The van der Waals surface area contributed by atoms with Crippen molar-refractivity contribution < 1.29 is 19.3 Å². The van der Waals surface area contributed by atoms with Crippen LogP contribution in [0.15, 0.2) is 0 Å². The number of rotatable bonds is 11. The minimum Gasteiger partial charge on any atom is -0.396 e. The van der Waals surface area contributed by atoms with E-state index in [2.05, 4.69) is 13.8 Å². The second-order valence-corrected chi connectivity index (χ2v) is 4.19. The van der Waals surface area contributed by atoms with Crippen LogP contribution in [-0.4, -0.2) is 51.9 Å². The zero-order valence-corrected chi connectivity index (χ0v) is 10.8. The number of hydrogen-bond donors (Lipinski definition) is 1. The average molecular weight is 234 g/mol. The second-order valence-electron chi connectivity index (χ2n) is 4.19. The van der Waals surface area contributed by atoms with Crippen molar-refractivity contribution in [2.45, 2.75) is 20.3 Å². The third kappa shape index (κ3) is 9.09. The van der Waals surface area contributed by atoms with Crippen molar-refractivity contribution in [3.8, 4) is 0 Å². The van der Waals surface area contributed by atoms with Crippen LogP contribution in [0.3, 0.4) is 0 Å². The maximum Gasteiger partial charge on any atom is 0.0701 e. The molecule has 0 aromatic heterocycles. The van der Waals surface area contributed by atoms with Gasteiger partial charge >= 0.3 is 0 Å².